The number of hydrogen-bond donors (Lipinski definition) is 3. The van der Waals surface area contributed by atoms with Crippen molar-refractivity contribution in [3.63, 3.8) is 0 Å². The van der Waals surface area contributed by atoms with Crippen LogP contribution in [0.5, 0.6) is 0 Å². The lowest BCUT2D eigenvalue weighted by Gasteiger charge is -2.12. The zero-order valence-corrected chi connectivity index (χ0v) is 15.4. The molecule has 146 valence electrons. The first-order valence-corrected chi connectivity index (χ1v) is 9.41. The molecular weight excluding hydrogens is 374 g/mol. The summed E-state index contributed by atoms with van der Waals surface area (Å²) in [5.74, 6) is -0.542. The minimum absolute atomic E-state index is 0.0585. The Morgan fingerprint density at radius 1 is 1.07 bits per heavy atom. The lowest BCUT2D eigenvalue weighted by atomic mass is 10.0. The summed E-state index contributed by atoms with van der Waals surface area (Å²) in [6.45, 7) is 1.86. The van der Waals surface area contributed by atoms with Crippen LogP contribution in [0.15, 0.2) is 48.8 Å². The van der Waals surface area contributed by atoms with Crippen LogP contribution in [0.3, 0.4) is 0 Å². The van der Waals surface area contributed by atoms with Gasteiger partial charge in [-0.05, 0) is 42.8 Å². The third kappa shape index (κ3) is 3.31. The van der Waals surface area contributed by atoms with Crippen LogP contribution in [0.2, 0.25) is 0 Å². The summed E-state index contributed by atoms with van der Waals surface area (Å²) in [7, 11) is 0. The van der Waals surface area contributed by atoms with E-state index in [0.29, 0.717) is 28.8 Å². The average Bonchev–Trinajstić information content (AvgIpc) is 3.37. The molecule has 0 bridgehead atoms. The number of H-pyrrole nitrogens is 1. The molecule has 2 aromatic carbocycles. The minimum atomic E-state index is -0.606. The monoisotopic (exact) mass is 392 g/mol. The Kier molecular flexibility index (Phi) is 4.40. The maximum atomic E-state index is 14.2. The van der Waals surface area contributed by atoms with E-state index < -0.39 is 11.6 Å². The van der Waals surface area contributed by atoms with E-state index in [-0.39, 0.29) is 5.56 Å². The first-order chi connectivity index (χ1) is 14.2. The summed E-state index contributed by atoms with van der Waals surface area (Å²) < 4.78 is 28.5. The molecule has 4 aromatic rings. The van der Waals surface area contributed by atoms with Gasteiger partial charge in [0.05, 0.1) is 23.5 Å². The van der Waals surface area contributed by atoms with Crippen LogP contribution in [-0.2, 0) is 0 Å². The number of nitrogens with one attached hydrogen (secondary N) is 3. The molecule has 0 radical (unpaired) electrons. The SMILES string of the molecule is Fc1cccc(F)c1-c1ccc2[nH]nc(-c3cncc(N[C@H]4CCNC4)n3)c2c1. The number of halogens is 2. The van der Waals surface area contributed by atoms with E-state index in [1.807, 2.05) is 0 Å². The Bertz CT molecular complexity index is 1160. The first-order valence-electron chi connectivity index (χ1n) is 9.41. The van der Waals surface area contributed by atoms with Crippen molar-refractivity contribution in [3.8, 4) is 22.5 Å². The van der Waals surface area contributed by atoms with Crippen molar-refractivity contribution in [2.24, 2.45) is 0 Å². The summed E-state index contributed by atoms with van der Waals surface area (Å²) in [6.07, 6.45) is 4.33. The van der Waals surface area contributed by atoms with Crippen molar-refractivity contribution >= 4 is 16.7 Å². The highest BCUT2D eigenvalue weighted by Crippen LogP contribution is 2.32. The van der Waals surface area contributed by atoms with Gasteiger partial charge >= 0.3 is 0 Å². The van der Waals surface area contributed by atoms with E-state index in [2.05, 4.69) is 30.8 Å². The van der Waals surface area contributed by atoms with Gasteiger partial charge in [-0.3, -0.25) is 10.1 Å². The van der Waals surface area contributed by atoms with E-state index >= 15 is 0 Å². The van der Waals surface area contributed by atoms with Gasteiger partial charge in [-0.15, -0.1) is 0 Å². The van der Waals surface area contributed by atoms with Gasteiger partial charge in [-0.2, -0.15) is 5.10 Å². The van der Waals surface area contributed by atoms with Gasteiger partial charge in [0.2, 0.25) is 0 Å². The summed E-state index contributed by atoms with van der Waals surface area (Å²) in [4.78, 5) is 8.91. The Balaban J connectivity index is 1.56. The first kappa shape index (κ1) is 17.7. The molecule has 1 saturated heterocycles. The molecular formula is C21H18F2N6. The summed E-state index contributed by atoms with van der Waals surface area (Å²) in [6, 6.07) is 9.30. The third-order valence-electron chi connectivity index (χ3n) is 5.10. The number of nitrogens with zero attached hydrogens (tertiary/aromatic N) is 3. The fourth-order valence-electron chi connectivity index (χ4n) is 3.67. The fourth-order valence-corrected chi connectivity index (χ4v) is 3.67. The predicted molar refractivity (Wildman–Crippen MR) is 107 cm³/mol. The van der Waals surface area contributed by atoms with Crippen LogP contribution in [0.4, 0.5) is 14.6 Å². The Labute approximate surface area is 165 Å². The molecule has 0 spiro atoms. The smallest absolute Gasteiger partial charge is 0.145 e. The van der Waals surface area contributed by atoms with Crippen LogP contribution in [0.1, 0.15) is 6.42 Å². The van der Waals surface area contributed by atoms with Gasteiger partial charge in [0.1, 0.15) is 28.8 Å². The second-order valence-corrected chi connectivity index (χ2v) is 7.05. The third-order valence-corrected chi connectivity index (χ3v) is 5.10. The summed E-state index contributed by atoms with van der Waals surface area (Å²) in [5, 5.41) is 14.7. The molecule has 0 unspecified atom stereocenters. The largest absolute Gasteiger partial charge is 0.365 e. The number of hydrogen-bond acceptors (Lipinski definition) is 5. The molecule has 6 nitrogen and oxygen atoms in total. The highest BCUT2D eigenvalue weighted by Gasteiger charge is 2.17. The Morgan fingerprint density at radius 2 is 1.93 bits per heavy atom. The molecule has 3 heterocycles. The quantitative estimate of drug-likeness (QED) is 0.493. The van der Waals surface area contributed by atoms with Crippen molar-refractivity contribution < 1.29 is 8.78 Å². The normalized spacial score (nSPS) is 16.4. The molecule has 8 heteroatoms. The van der Waals surface area contributed by atoms with Crippen LogP contribution in [0.25, 0.3) is 33.4 Å². The molecule has 0 aliphatic carbocycles. The predicted octanol–water partition coefficient (Wildman–Crippen LogP) is 3.74. The van der Waals surface area contributed by atoms with Crippen molar-refractivity contribution in [1.82, 2.24) is 25.5 Å². The number of rotatable bonds is 4. The molecule has 1 aliphatic heterocycles. The molecule has 0 amide bonds. The maximum Gasteiger partial charge on any atom is 0.145 e. The van der Waals surface area contributed by atoms with E-state index in [1.165, 1.54) is 18.2 Å². The summed E-state index contributed by atoms with van der Waals surface area (Å²) in [5.41, 5.74) is 2.30. The molecule has 29 heavy (non-hydrogen) atoms. The minimum Gasteiger partial charge on any atom is -0.365 e. The van der Waals surface area contributed by atoms with E-state index in [9.17, 15) is 8.78 Å². The molecule has 3 N–H and O–H groups in total. The molecule has 1 aliphatic rings. The second-order valence-electron chi connectivity index (χ2n) is 7.05. The van der Waals surface area contributed by atoms with Crippen LogP contribution < -0.4 is 10.6 Å². The molecule has 1 atom stereocenters. The van der Waals surface area contributed by atoms with Gasteiger partial charge in [0.25, 0.3) is 0 Å². The van der Waals surface area contributed by atoms with E-state index in [4.69, 9.17) is 0 Å². The zero-order valence-electron chi connectivity index (χ0n) is 15.4. The number of aromatic amines is 1. The lowest BCUT2D eigenvalue weighted by molar-refractivity contribution is 0.589. The molecule has 0 saturated carbocycles. The van der Waals surface area contributed by atoms with Crippen LogP contribution in [-0.4, -0.2) is 39.3 Å². The van der Waals surface area contributed by atoms with Gasteiger partial charge in [0.15, 0.2) is 0 Å². The zero-order chi connectivity index (χ0) is 19.8. The van der Waals surface area contributed by atoms with E-state index in [1.54, 1.807) is 30.6 Å². The maximum absolute atomic E-state index is 14.2. The van der Waals surface area contributed by atoms with Crippen molar-refractivity contribution in [2.75, 3.05) is 18.4 Å². The average molecular weight is 392 g/mol. The van der Waals surface area contributed by atoms with Crippen LogP contribution in [0, 0.1) is 11.6 Å². The van der Waals surface area contributed by atoms with Gasteiger partial charge in [0, 0.05) is 18.0 Å². The standard InChI is InChI=1S/C21H18F2N6/c22-15-2-1-3-16(23)20(15)12-4-5-17-14(8-12)21(29-28-17)18-10-25-11-19(27-18)26-13-6-7-24-9-13/h1-5,8,10-11,13,24H,6-7,9H2,(H,26,27)(H,28,29)/t13-/m0/s1. The van der Waals surface area contributed by atoms with E-state index in [0.717, 1.165) is 30.4 Å². The number of anilines is 1. The molecule has 1 fully saturated rings. The van der Waals surface area contributed by atoms with Gasteiger partial charge < -0.3 is 10.6 Å². The Hall–Kier alpha value is -3.39. The number of benzene rings is 2. The van der Waals surface area contributed by atoms with Crippen molar-refractivity contribution in [1.29, 1.82) is 0 Å². The fraction of sp³-hybridized carbons (Fsp3) is 0.190. The summed E-state index contributed by atoms with van der Waals surface area (Å²) >= 11 is 0. The topological polar surface area (TPSA) is 78.5 Å². The molecule has 5 rings (SSSR count). The molecule has 2 aromatic heterocycles. The van der Waals surface area contributed by atoms with Crippen molar-refractivity contribution in [2.45, 2.75) is 12.5 Å². The highest BCUT2D eigenvalue weighted by molar-refractivity contribution is 5.95. The van der Waals surface area contributed by atoms with Gasteiger partial charge in [-0.25, -0.2) is 13.8 Å². The van der Waals surface area contributed by atoms with Crippen LogP contribution >= 0.6 is 0 Å². The number of fused-ring (bicyclic) bond motifs is 1. The second kappa shape index (κ2) is 7.21. The number of aromatic nitrogens is 4. The van der Waals surface area contributed by atoms with Gasteiger partial charge in [-0.1, -0.05) is 12.1 Å². The van der Waals surface area contributed by atoms with Crippen molar-refractivity contribution in [3.05, 3.63) is 60.4 Å². The Morgan fingerprint density at radius 3 is 2.72 bits per heavy atom. The lowest BCUT2D eigenvalue weighted by Crippen LogP contribution is -2.22. The highest BCUT2D eigenvalue weighted by atomic mass is 19.1.